The maximum absolute atomic E-state index is 12.7. The maximum Gasteiger partial charge on any atom is 0.411 e. The van der Waals surface area contributed by atoms with E-state index in [4.69, 9.17) is 4.74 Å². The fraction of sp³-hybridized carbons (Fsp3) is 0.192. The van der Waals surface area contributed by atoms with Gasteiger partial charge in [0.2, 0.25) is 5.91 Å². The van der Waals surface area contributed by atoms with Gasteiger partial charge in [0.25, 0.3) is 0 Å². The van der Waals surface area contributed by atoms with Crippen LogP contribution in [0.25, 0.3) is 11.1 Å². The molecule has 0 aromatic heterocycles. The van der Waals surface area contributed by atoms with Crippen molar-refractivity contribution in [1.82, 2.24) is 4.90 Å². The van der Waals surface area contributed by atoms with Crippen LogP contribution in [0.1, 0.15) is 27.9 Å². The Bertz CT molecular complexity index is 1210. The normalized spacial score (nSPS) is 16.6. The molecule has 0 radical (unpaired) electrons. The third-order valence-electron chi connectivity index (χ3n) is 5.94. The molecule has 2 aliphatic rings. The summed E-state index contributed by atoms with van der Waals surface area (Å²) < 4.78 is 5.48. The van der Waals surface area contributed by atoms with Gasteiger partial charge < -0.3 is 9.64 Å². The van der Waals surface area contributed by atoms with Gasteiger partial charge in [-0.15, -0.1) is 0 Å². The number of rotatable bonds is 5. The highest BCUT2D eigenvalue weighted by Gasteiger charge is 2.32. The zero-order valence-corrected chi connectivity index (χ0v) is 17.4. The van der Waals surface area contributed by atoms with Crippen molar-refractivity contribution < 1.29 is 19.1 Å². The Morgan fingerprint density at radius 2 is 1.62 bits per heavy atom. The summed E-state index contributed by atoms with van der Waals surface area (Å²) in [5.41, 5.74) is 4.65. The molecule has 1 fully saturated rings. The van der Waals surface area contributed by atoms with Gasteiger partial charge >= 0.3 is 6.09 Å². The first kappa shape index (κ1) is 20.0. The minimum absolute atomic E-state index is 0.0142. The Kier molecular flexibility index (Phi) is 5.19. The van der Waals surface area contributed by atoms with Crippen molar-refractivity contribution in [3.63, 3.8) is 0 Å². The zero-order chi connectivity index (χ0) is 22.1. The van der Waals surface area contributed by atoms with Crippen LogP contribution in [0.15, 0.2) is 72.8 Å². The molecule has 1 unspecified atom stereocenters. The maximum atomic E-state index is 12.7. The van der Waals surface area contributed by atoms with E-state index in [1.165, 1.54) is 0 Å². The van der Waals surface area contributed by atoms with E-state index < -0.39 is 12.2 Å². The molecular formula is C26H22N2O4. The summed E-state index contributed by atoms with van der Waals surface area (Å²) in [5.74, 6) is -0.0670. The van der Waals surface area contributed by atoms with E-state index in [2.05, 4.69) is 5.32 Å². The molecule has 1 aliphatic heterocycles. The van der Waals surface area contributed by atoms with Crippen LogP contribution >= 0.6 is 0 Å². The number of anilines is 1. The lowest BCUT2D eigenvalue weighted by molar-refractivity contribution is -0.127. The van der Waals surface area contributed by atoms with E-state index in [-0.39, 0.29) is 18.1 Å². The molecule has 0 saturated carbocycles. The van der Waals surface area contributed by atoms with Crippen molar-refractivity contribution in [2.45, 2.75) is 18.9 Å². The average Bonchev–Trinajstić information content (AvgIpc) is 3.29. The number of likely N-dealkylation sites (tertiary alicyclic amines) is 1. The Morgan fingerprint density at radius 3 is 2.44 bits per heavy atom. The van der Waals surface area contributed by atoms with E-state index >= 15 is 0 Å². The third kappa shape index (κ3) is 3.87. The number of hydrogen-bond acceptors (Lipinski definition) is 4. The summed E-state index contributed by atoms with van der Waals surface area (Å²) in [5, 5.41) is 2.69. The van der Waals surface area contributed by atoms with Gasteiger partial charge in [-0.05, 0) is 35.2 Å². The molecular weight excluding hydrogens is 404 g/mol. The number of benzene rings is 3. The number of carbonyl (C=O) groups is 3. The fourth-order valence-corrected chi connectivity index (χ4v) is 4.34. The number of nitrogens with zero attached hydrogens (tertiary/aromatic N) is 1. The molecule has 1 heterocycles. The van der Waals surface area contributed by atoms with Gasteiger partial charge in [-0.1, -0.05) is 60.7 Å². The summed E-state index contributed by atoms with van der Waals surface area (Å²) in [6.07, 6.45) is -0.175. The number of fused-ring (bicyclic) bond motifs is 3. The van der Waals surface area contributed by atoms with Gasteiger partial charge in [-0.25, -0.2) is 4.79 Å². The number of ketones is 1. The van der Waals surface area contributed by atoms with Crippen molar-refractivity contribution in [2.75, 3.05) is 18.4 Å². The highest BCUT2D eigenvalue weighted by molar-refractivity contribution is 6.22. The van der Waals surface area contributed by atoms with E-state index in [0.29, 0.717) is 29.9 Å². The average molecular weight is 426 g/mol. The van der Waals surface area contributed by atoms with Crippen molar-refractivity contribution in [1.29, 1.82) is 0 Å². The van der Waals surface area contributed by atoms with Gasteiger partial charge in [-0.2, -0.15) is 0 Å². The summed E-state index contributed by atoms with van der Waals surface area (Å²) >= 11 is 0. The van der Waals surface area contributed by atoms with Crippen LogP contribution in [0, 0.1) is 0 Å². The summed E-state index contributed by atoms with van der Waals surface area (Å²) in [7, 11) is 0. The first-order chi connectivity index (χ1) is 15.6. The zero-order valence-electron chi connectivity index (χ0n) is 17.4. The number of hydrogen-bond donors (Lipinski definition) is 1. The smallest absolute Gasteiger partial charge is 0.411 e. The molecule has 6 heteroatoms. The molecule has 2 amide bonds. The summed E-state index contributed by atoms with van der Waals surface area (Å²) in [6, 6.07) is 22.7. The third-order valence-corrected chi connectivity index (χ3v) is 5.94. The van der Waals surface area contributed by atoms with Crippen LogP contribution in [0.2, 0.25) is 0 Å². The minimum atomic E-state index is -0.629. The standard InChI is InChI=1S/C26H22N2O4/c29-24-15-19(16-28(24)13-12-17-6-2-1-3-7-17)32-26(31)27-18-10-11-21-20-8-4-5-9-22(20)25(30)23(21)14-18/h1-11,14,19H,12-13,15-16H2,(H,27,31). The monoisotopic (exact) mass is 426 g/mol. The molecule has 6 nitrogen and oxygen atoms in total. The van der Waals surface area contributed by atoms with E-state index in [1.807, 2.05) is 54.6 Å². The van der Waals surface area contributed by atoms with Crippen LogP contribution in [0.4, 0.5) is 10.5 Å². The highest BCUT2D eigenvalue weighted by Crippen LogP contribution is 2.37. The van der Waals surface area contributed by atoms with Crippen LogP contribution < -0.4 is 5.32 Å². The van der Waals surface area contributed by atoms with Crippen molar-refractivity contribution in [2.24, 2.45) is 0 Å². The van der Waals surface area contributed by atoms with Crippen molar-refractivity contribution in [3.05, 3.63) is 89.5 Å². The molecule has 1 saturated heterocycles. The number of ether oxygens (including phenoxy) is 1. The largest absolute Gasteiger partial charge is 0.444 e. The van der Waals surface area contributed by atoms with Gasteiger partial charge in [0.15, 0.2) is 5.78 Å². The second-order valence-electron chi connectivity index (χ2n) is 8.07. The molecule has 3 aromatic rings. The van der Waals surface area contributed by atoms with Gasteiger partial charge in [0.1, 0.15) is 6.10 Å². The van der Waals surface area contributed by atoms with E-state index in [9.17, 15) is 14.4 Å². The molecule has 1 aliphatic carbocycles. The molecule has 0 spiro atoms. The van der Waals surface area contributed by atoms with Gasteiger partial charge in [0, 0.05) is 23.4 Å². The summed E-state index contributed by atoms with van der Waals surface area (Å²) in [4.78, 5) is 39.1. The number of amides is 2. The molecule has 160 valence electrons. The number of carbonyl (C=O) groups excluding carboxylic acids is 3. The molecule has 1 N–H and O–H groups in total. The van der Waals surface area contributed by atoms with Crippen LogP contribution in [0.3, 0.4) is 0 Å². The van der Waals surface area contributed by atoms with Gasteiger partial charge in [0.05, 0.1) is 13.0 Å². The lowest BCUT2D eigenvalue weighted by atomic mass is 10.1. The lowest BCUT2D eigenvalue weighted by Gasteiger charge is -2.17. The predicted molar refractivity (Wildman–Crippen MR) is 121 cm³/mol. The lowest BCUT2D eigenvalue weighted by Crippen LogP contribution is -2.29. The minimum Gasteiger partial charge on any atom is -0.444 e. The van der Waals surface area contributed by atoms with Crippen molar-refractivity contribution >= 4 is 23.5 Å². The first-order valence-corrected chi connectivity index (χ1v) is 10.7. The van der Waals surface area contributed by atoms with Gasteiger partial charge in [-0.3, -0.25) is 14.9 Å². The molecule has 1 atom stereocenters. The molecule has 3 aromatic carbocycles. The van der Waals surface area contributed by atoms with Crippen LogP contribution in [0.5, 0.6) is 0 Å². The second kappa shape index (κ2) is 8.30. The van der Waals surface area contributed by atoms with E-state index in [0.717, 1.165) is 23.1 Å². The highest BCUT2D eigenvalue weighted by atomic mass is 16.6. The molecule has 32 heavy (non-hydrogen) atoms. The quantitative estimate of drug-likeness (QED) is 0.517. The topological polar surface area (TPSA) is 75.7 Å². The van der Waals surface area contributed by atoms with E-state index in [1.54, 1.807) is 23.1 Å². The van der Waals surface area contributed by atoms with Crippen molar-refractivity contribution in [3.8, 4) is 11.1 Å². The SMILES string of the molecule is O=C(Nc1ccc2c(c1)C(=O)c1ccccc1-2)OC1CC(=O)N(CCc2ccccc2)C1. The Hall–Kier alpha value is -3.93. The molecule has 5 rings (SSSR count). The summed E-state index contributed by atoms with van der Waals surface area (Å²) in [6.45, 7) is 0.981. The first-order valence-electron chi connectivity index (χ1n) is 10.7. The molecule has 0 bridgehead atoms. The Balaban J connectivity index is 1.18. The van der Waals surface area contributed by atoms with Crippen LogP contribution in [-0.2, 0) is 16.0 Å². The Labute approximate surface area is 185 Å². The second-order valence-corrected chi connectivity index (χ2v) is 8.07. The Morgan fingerprint density at radius 1 is 0.906 bits per heavy atom. The number of nitrogens with one attached hydrogen (secondary N) is 1. The van der Waals surface area contributed by atoms with Crippen LogP contribution in [-0.4, -0.2) is 41.9 Å². The fourth-order valence-electron chi connectivity index (χ4n) is 4.34. The predicted octanol–water partition coefficient (Wildman–Crippen LogP) is 4.29.